The van der Waals surface area contributed by atoms with Crippen LogP contribution in [-0.4, -0.2) is 0 Å². The van der Waals surface area contributed by atoms with Crippen molar-refractivity contribution in [1.29, 1.82) is 0 Å². The van der Waals surface area contributed by atoms with E-state index in [0.29, 0.717) is 5.56 Å². The van der Waals surface area contributed by atoms with E-state index in [-0.39, 0.29) is 10.9 Å². The second-order valence-electron chi connectivity index (χ2n) is 4.03. The lowest BCUT2D eigenvalue weighted by Gasteiger charge is -2.11. The molecule has 0 saturated heterocycles. The maximum absolute atomic E-state index is 11.3. The molecule has 0 amide bonds. The lowest BCUT2D eigenvalue weighted by molar-refractivity contribution is 1.29. The highest BCUT2D eigenvalue weighted by Crippen LogP contribution is 2.25. The highest BCUT2D eigenvalue weighted by molar-refractivity contribution is 5.72. The first-order valence-electron chi connectivity index (χ1n) is 4.89. The number of aryl methyl sites for hydroxylation is 3. The van der Waals surface area contributed by atoms with Crippen molar-refractivity contribution in [2.24, 2.45) is 0 Å². The molecule has 0 aliphatic carbocycles. The average molecular weight is 200 g/mol. The minimum Gasteiger partial charge on any atom is -0.286 e. The quantitative estimate of drug-likeness (QED) is 0.658. The smallest absolute Gasteiger partial charge is 0.233 e. The van der Waals surface area contributed by atoms with Crippen LogP contribution < -0.4 is 10.9 Å². The normalized spacial score (nSPS) is 10.9. The maximum atomic E-state index is 11.3. The van der Waals surface area contributed by atoms with Crippen molar-refractivity contribution in [1.82, 2.24) is 0 Å². The van der Waals surface area contributed by atoms with E-state index in [1.807, 2.05) is 32.9 Å². The molecular formula is C13H12O2. The zero-order valence-corrected chi connectivity index (χ0v) is 9.05. The van der Waals surface area contributed by atoms with E-state index in [1.54, 1.807) is 0 Å². The molecule has 0 saturated carbocycles. The molecular weight excluding hydrogens is 188 g/mol. The number of rotatable bonds is 1. The van der Waals surface area contributed by atoms with E-state index >= 15 is 0 Å². The van der Waals surface area contributed by atoms with Gasteiger partial charge in [0.1, 0.15) is 0 Å². The van der Waals surface area contributed by atoms with Gasteiger partial charge in [-0.1, -0.05) is 17.7 Å². The molecule has 0 N–H and O–H groups in total. The Kier molecular flexibility index (Phi) is 2.07. The Morgan fingerprint density at radius 2 is 1.40 bits per heavy atom. The fourth-order valence-corrected chi connectivity index (χ4v) is 2.11. The van der Waals surface area contributed by atoms with Crippen molar-refractivity contribution in [2.75, 3.05) is 0 Å². The van der Waals surface area contributed by atoms with E-state index in [1.165, 1.54) is 11.6 Å². The highest BCUT2D eigenvalue weighted by atomic mass is 16.2. The van der Waals surface area contributed by atoms with Gasteiger partial charge in [-0.3, -0.25) is 9.59 Å². The summed E-state index contributed by atoms with van der Waals surface area (Å²) >= 11 is 0. The van der Waals surface area contributed by atoms with Crippen LogP contribution >= 0.6 is 0 Å². The molecule has 0 aromatic heterocycles. The molecule has 15 heavy (non-hydrogen) atoms. The van der Waals surface area contributed by atoms with Crippen LogP contribution in [0, 0.1) is 20.8 Å². The molecule has 0 aliphatic heterocycles. The molecule has 0 aliphatic rings. The van der Waals surface area contributed by atoms with Crippen LogP contribution in [-0.2, 0) is 0 Å². The van der Waals surface area contributed by atoms with Gasteiger partial charge >= 0.3 is 0 Å². The van der Waals surface area contributed by atoms with Gasteiger partial charge in [0.15, 0.2) is 0 Å². The minimum atomic E-state index is -0.385. The Balaban J connectivity index is 2.71. The SMILES string of the molecule is Cc1cc(C)c(-c2cc(=O)c2=O)c(C)c1. The van der Waals surface area contributed by atoms with Crippen molar-refractivity contribution in [3.8, 4) is 11.1 Å². The van der Waals surface area contributed by atoms with E-state index in [0.717, 1.165) is 16.7 Å². The minimum absolute atomic E-state index is 0.356. The molecule has 2 heteroatoms. The van der Waals surface area contributed by atoms with Gasteiger partial charge in [0.25, 0.3) is 0 Å². The number of hydrogen-bond donors (Lipinski definition) is 0. The van der Waals surface area contributed by atoms with Gasteiger partial charge in [-0.25, -0.2) is 0 Å². The fraction of sp³-hybridized carbons (Fsp3) is 0.231. The molecule has 76 valence electrons. The first-order valence-corrected chi connectivity index (χ1v) is 4.89. The van der Waals surface area contributed by atoms with Crippen LogP contribution in [0.15, 0.2) is 27.8 Å². The largest absolute Gasteiger partial charge is 0.286 e. The van der Waals surface area contributed by atoms with Crippen molar-refractivity contribution < 1.29 is 0 Å². The fourth-order valence-electron chi connectivity index (χ4n) is 2.11. The van der Waals surface area contributed by atoms with Gasteiger partial charge in [0.2, 0.25) is 10.9 Å². The standard InChI is InChI=1S/C13H12O2/c1-7-4-8(2)12(9(3)5-7)10-6-11(14)13(10)15/h4-6H,1-3H3. The second kappa shape index (κ2) is 3.16. The summed E-state index contributed by atoms with van der Waals surface area (Å²) < 4.78 is 0. The van der Waals surface area contributed by atoms with Crippen molar-refractivity contribution in [2.45, 2.75) is 20.8 Å². The van der Waals surface area contributed by atoms with E-state index < -0.39 is 0 Å². The summed E-state index contributed by atoms with van der Waals surface area (Å²) in [6, 6.07) is 5.48. The van der Waals surface area contributed by atoms with Gasteiger partial charge in [-0.15, -0.1) is 0 Å². The molecule has 0 heterocycles. The van der Waals surface area contributed by atoms with Crippen molar-refractivity contribution in [3.63, 3.8) is 0 Å². The molecule has 0 unspecified atom stereocenters. The van der Waals surface area contributed by atoms with Gasteiger partial charge < -0.3 is 0 Å². The molecule has 0 fully saturated rings. The van der Waals surface area contributed by atoms with E-state index in [9.17, 15) is 9.59 Å². The maximum Gasteiger partial charge on any atom is 0.233 e. The third kappa shape index (κ3) is 1.42. The topological polar surface area (TPSA) is 34.1 Å². The summed E-state index contributed by atoms with van der Waals surface area (Å²) in [6.07, 6.45) is 0. The molecule has 0 bridgehead atoms. The van der Waals surface area contributed by atoms with Crippen molar-refractivity contribution in [3.05, 3.63) is 55.3 Å². The van der Waals surface area contributed by atoms with Gasteiger partial charge in [-0.05, 0) is 37.5 Å². The van der Waals surface area contributed by atoms with Crippen molar-refractivity contribution >= 4 is 0 Å². The first kappa shape index (κ1) is 9.84. The van der Waals surface area contributed by atoms with Gasteiger partial charge in [0.05, 0.1) is 0 Å². The lowest BCUT2D eigenvalue weighted by Crippen LogP contribution is -2.31. The predicted molar refractivity (Wildman–Crippen MR) is 61.0 cm³/mol. The monoisotopic (exact) mass is 200 g/mol. The van der Waals surface area contributed by atoms with Crippen LogP contribution in [0.3, 0.4) is 0 Å². The zero-order valence-electron chi connectivity index (χ0n) is 9.05. The summed E-state index contributed by atoms with van der Waals surface area (Å²) in [4.78, 5) is 22.2. The molecule has 2 rings (SSSR count). The summed E-state index contributed by atoms with van der Waals surface area (Å²) in [7, 11) is 0. The summed E-state index contributed by atoms with van der Waals surface area (Å²) in [5.41, 5.74) is 4.03. The predicted octanol–water partition coefficient (Wildman–Crippen LogP) is 1.87. The summed E-state index contributed by atoms with van der Waals surface area (Å²) in [5, 5.41) is 0. The van der Waals surface area contributed by atoms with Crippen LogP contribution in [0.25, 0.3) is 11.1 Å². The van der Waals surface area contributed by atoms with E-state index in [4.69, 9.17) is 0 Å². The van der Waals surface area contributed by atoms with Crippen LogP contribution in [0.1, 0.15) is 16.7 Å². The van der Waals surface area contributed by atoms with Crippen LogP contribution in [0.5, 0.6) is 0 Å². The molecule has 2 aromatic rings. The molecule has 2 nitrogen and oxygen atoms in total. The lowest BCUT2D eigenvalue weighted by atomic mass is 9.92. The molecule has 0 radical (unpaired) electrons. The number of benzene rings is 1. The summed E-state index contributed by atoms with van der Waals surface area (Å²) in [5.74, 6) is 0. The molecule has 0 atom stereocenters. The zero-order chi connectivity index (χ0) is 11.2. The Morgan fingerprint density at radius 1 is 0.867 bits per heavy atom. The molecule has 2 aromatic carbocycles. The first-order chi connectivity index (χ1) is 7.00. The summed E-state index contributed by atoms with van der Waals surface area (Å²) in [6.45, 7) is 5.95. The Labute approximate surface area is 87.9 Å². The highest BCUT2D eigenvalue weighted by Gasteiger charge is 2.15. The average Bonchev–Trinajstić information content (AvgIpc) is 2.15. The molecule has 0 spiro atoms. The van der Waals surface area contributed by atoms with E-state index in [2.05, 4.69) is 0 Å². The Morgan fingerprint density at radius 3 is 1.80 bits per heavy atom. The Hall–Kier alpha value is -1.70. The van der Waals surface area contributed by atoms with Crippen LogP contribution in [0.4, 0.5) is 0 Å². The third-order valence-electron chi connectivity index (χ3n) is 2.69. The third-order valence-corrected chi connectivity index (χ3v) is 2.69. The second-order valence-corrected chi connectivity index (χ2v) is 4.03. The van der Waals surface area contributed by atoms with Gasteiger partial charge in [0, 0.05) is 11.6 Å². The van der Waals surface area contributed by atoms with Gasteiger partial charge in [-0.2, -0.15) is 0 Å². The van der Waals surface area contributed by atoms with Crippen LogP contribution in [0.2, 0.25) is 0 Å². The number of hydrogen-bond acceptors (Lipinski definition) is 2. The Bertz CT molecular complexity index is 576.